The number of carbonyl (C=O) groups excluding carboxylic acids is 1. The van der Waals surface area contributed by atoms with E-state index in [1.54, 1.807) is 0 Å². The summed E-state index contributed by atoms with van der Waals surface area (Å²) in [6.07, 6.45) is 5.24. The predicted molar refractivity (Wildman–Crippen MR) is 47.3 cm³/mol. The first-order valence-corrected chi connectivity index (χ1v) is 5.34. The van der Waals surface area contributed by atoms with E-state index in [2.05, 4.69) is 12.2 Å². The van der Waals surface area contributed by atoms with Gasteiger partial charge in [-0.05, 0) is 18.3 Å². The third kappa shape index (κ3) is 0.708. The Morgan fingerprint density at radius 3 is 3.07 bits per heavy atom. The molecule has 0 aromatic heterocycles. The Morgan fingerprint density at radius 1 is 1.29 bits per heavy atom. The van der Waals surface area contributed by atoms with Crippen LogP contribution < -0.4 is 0 Å². The highest BCUT2D eigenvalue weighted by Crippen LogP contribution is 2.54. The van der Waals surface area contributed by atoms with E-state index < -0.39 is 0 Å². The van der Waals surface area contributed by atoms with E-state index >= 15 is 0 Å². The molecule has 14 heavy (non-hydrogen) atoms. The number of rotatable bonds is 0. The maximum absolute atomic E-state index is 12.0. The first kappa shape index (κ1) is 7.60. The Morgan fingerprint density at radius 2 is 2.14 bits per heavy atom. The molecule has 0 spiro atoms. The van der Waals surface area contributed by atoms with Crippen molar-refractivity contribution < 1.29 is 14.3 Å². The van der Waals surface area contributed by atoms with Crippen LogP contribution >= 0.6 is 0 Å². The first-order chi connectivity index (χ1) is 6.84. The number of fused-ring (bicyclic) bond motifs is 8. The molecule has 2 aliphatic heterocycles. The van der Waals surface area contributed by atoms with Crippen LogP contribution in [0.25, 0.3) is 0 Å². The molecular formula is C11H12O3. The Bertz CT molecular complexity index is 335. The number of ether oxygens (including phenoxy) is 2. The molecule has 3 heteroatoms. The van der Waals surface area contributed by atoms with E-state index in [1.807, 2.05) is 0 Å². The number of hydrogen-bond donors (Lipinski definition) is 0. The molecule has 0 aromatic rings. The SMILES string of the molecule is O=C1[C@H]2[C@@H]([C@H]3OC[C@@H]1O3)[C@@H]1C=C[C@H]2C1. The lowest BCUT2D eigenvalue weighted by atomic mass is 9.77. The molecule has 3 nitrogen and oxygen atoms in total. The van der Waals surface area contributed by atoms with Gasteiger partial charge in [-0.1, -0.05) is 12.2 Å². The number of hydrogen-bond acceptors (Lipinski definition) is 3. The molecule has 6 atom stereocenters. The molecule has 4 bridgehead atoms. The summed E-state index contributed by atoms with van der Waals surface area (Å²) in [5.41, 5.74) is 0. The lowest BCUT2D eigenvalue weighted by molar-refractivity contribution is -0.166. The number of allylic oxidation sites excluding steroid dienone is 2. The highest BCUT2D eigenvalue weighted by atomic mass is 16.7. The van der Waals surface area contributed by atoms with Crippen LogP contribution in [0.1, 0.15) is 6.42 Å². The molecule has 1 saturated carbocycles. The maximum atomic E-state index is 12.0. The molecular weight excluding hydrogens is 180 g/mol. The van der Waals surface area contributed by atoms with Crippen LogP contribution in [0.3, 0.4) is 0 Å². The molecule has 4 rings (SSSR count). The lowest BCUT2D eigenvalue weighted by Gasteiger charge is -2.34. The second-order valence-corrected chi connectivity index (χ2v) is 4.78. The van der Waals surface area contributed by atoms with Crippen molar-refractivity contribution in [1.82, 2.24) is 0 Å². The molecule has 4 aliphatic rings. The topological polar surface area (TPSA) is 35.5 Å². The Labute approximate surface area is 82.1 Å². The summed E-state index contributed by atoms with van der Waals surface area (Å²) >= 11 is 0. The van der Waals surface area contributed by atoms with Crippen molar-refractivity contribution >= 4 is 5.78 Å². The van der Waals surface area contributed by atoms with Gasteiger partial charge in [-0.2, -0.15) is 0 Å². The first-order valence-electron chi connectivity index (χ1n) is 5.34. The van der Waals surface area contributed by atoms with Crippen molar-refractivity contribution in [2.75, 3.05) is 6.61 Å². The Balaban J connectivity index is 1.81. The standard InChI is InChI=1S/C11H12O3/c12-10-7-4-13-11(14-7)9-6-2-1-5(3-6)8(9)10/h1-2,5-9,11H,3-4H2/t5-,6+,7-,8+,9-,11-/m0/s1. The minimum absolute atomic E-state index is 0.0948. The van der Waals surface area contributed by atoms with E-state index in [9.17, 15) is 4.79 Å². The summed E-state index contributed by atoms with van der Waals surface area (Å²) in [6.45, 7) is 0.482. The minimum Gasteiger partial charge on any atom is -0.349 e. The quantitative estimate of drug-likeness (QED) is 0.531. The molecule has 0 aromatic carbocycles. The van der Waals surface area contributed by atoms with Gasteiger partial charge in [-0.3, -0.25) is 4.79 Å². The zero-order chi connectivity index (χ0) is 9.28. The molecule has 0 amide bonds. The molecule has 2 heterocycles. The van der Waals surface area contributed by atoms with Crippen molar-refractivity contribution in [3.05, 3.63) is 12.2 Å². The van der Waals surface area contributed by atoms with Crippen molar-refractivity contribution in [3.63, 3.8) is 0 Å². The summed E-state index contributed by atoms with van der Waals surface area (Å²) < 4.78 is 11.1. The van der Waals surface area contributed by atoms with Gasteiger partial charge in [-0.15, -0.1) is 0 Å². The fraction of sp³-hybridized carbons (Fsp3) is 0.727. The van der Waals surface area contributed by atoms with Gasteiger partial charge in [0, 0.05) is 11.8 Å². The zero-order valence-corrected chi connectivity index (χ0v) is 7.76. The number of Topliss-reactive ketones (excluding diaryl/α,β-unsaturated/α-hetero) is 1. The van der Waals surface area contributed by atoms with Crippen LogP contribution in [-0.2, 0) is 14.3 Å². The van der Waals surface area contributed by atoms with Gasteiger partial charge in [0.15, 0.2) is 12.1 Å². The second-order valence-electron chi connectivity index (χ2n) is 4.78. The molecule has 74 valence electrons. The van der Waals surface area contributed by atoms with E-state index in [4.69, 9.17) is 9.47 Å². The third-order valence-electron chi connectivity index (χ3n) is 4.19. The average molecular weight is 192 g/mol. The third-order valence-corrected chi connectivity index (χ3v) is 4.19. The summed E-state index contributed by atoms with van der Waals surface area (Å²) in [7, 11) is 0. The zero-order valence-electron chi connectivity index (χ0n) is 7.76. The van der Waals surface area contributed by atoms with Crippen LogP contribution in [0, 0.1) is 23.7 Å². The molecule has 2 saturated heterocycles. The van der Waals surface area contributed by atoms with E-state index in [1.165, 1.54) is 0 Å². The summed E-state index contributed by atoms with van der Waals surface area (Å²) in [6, 6.07) is 0. The summed E-state index contributed by atoms with van der Waals surface area (Å²) in [4.78, 5) is 12.0. The fourth-order valence-electron chi connectivity index (χ4n) is 3.62. The lowest BCUT2D eigenvalue weighted by Crippen LogP contribution is -2.45. The molecule has 2 aliphatic carbocycles. The Kier molecular flexibility index (Phi) is 1.24. The van der Waals surface area contributed by atoms with Gasteiger partial charge in [0.05, 0.1) is 6.61 Å². The van der Waals surface area contributed by atoms with Crippen LogP contribution in [-0.4, -0.2) is 24.8 Å². The van der Waals surface area contributed by atoms with Gasteiger partial charge >= 0.3 is 0 Å². The van der Waals surface area contributed by atoms with Crippen LogP contribution in [0.5, 0.6) is 0 Å². The molecule has 0 unspecified atom stereocenters. The Hall–Kier alpha value is -0.670. The maximum Gasteiger partial charge on any atom is 0.168 e. The normalized spacial score (nSPS) is 58.1. The molecule has 0 N–H and O–H groups in total. The van der Waals surface area contributed by atoms with Gasteiger partial charge in [0.2, 0.25) is 0 Å². The van der Waals surface area contributed by atoms with E-state index in [0.717, 1.165) is 6.42 Å². The van der Waals surface area contributed by atoms with Crippen LogP contribution in [0.15, 0.2) is 12.2 Å². The minimum atomic E-state index is -0.256. The predicted octanol–water partition coefficient (Wildman–Crippen LogP) is 0.749. The van der Waals surface area contributed by atoms with Crippen LogP contribution in [0.2, 0.25) is 0 Å². The van der Waals surface area contributed by atoms with Crippen molar-refractivity contribution in [1.29, 1.82) is 0 Å². The van der Waals surface area contributed by atoms with Crippen molar-refractivity contribution in [3.8, 4) is 0 Å². The number of carbonyl (C=O) groups is 1. The molecule has 0 radical (unpaired) electrons. The smallest absolute Gasteiger partial charge is 0.168 e. The van der Waals surface area contributed by atoms with E-state index in [-0.39, 0.29) is 18.3 Å². The second kappa shape index (κ2) is 2.28. The van der Waals surface area contributed by atoms with Gasteiger partial charge < -0.3 is 9.47 Å². The summed E-state index contributed by atoms with van der Waals surface area (Å²) in [5.74, 6) is 1.82. The largest absolute Gasteiger partial charge is 0.349 e. The fourth-order valence-corrected chi connectivity index (χ4v) is 3.62. The average Bonchev–Trinajstić information content (AvgIpc) is 2.89. The van der Waals surface area contributed by atoms with Crippen molar-refractivity contribution in [2.45, 2.75) is 18.8 Å². The molecule has 3 fully saturated rings. The van der Waals surface area contributed by atoms with E-state index in [0.29, 0.717) is 30.1 Å². The van der Waals surface area contributed by atoms with Gasteiger partial charge in [0.1, 0.15) is 6.10 Å². The highest BCUT2D eigenvalue weighted by molar-refractivity contribution is 5.88. The van der Waals surface area contributed by atoms with Gasteiger partial charge in [-0.25, -0.2) is 0 Å². The highest BCUT2D eigenvalue weighted by Gasteiger charge is 2.59. The summed E-state index contributed by atoms with van der Waals surface area (Å²) in [5, 5.41) is 0. The monoisotopic (exact) mass is 192 g/mol. The van der Waals surface area contributed by atoms with Crippen molar-refractivity contribution in [2.24, 2.45) is 23.7 Å². The van der Waals surface area contributed by atoms with Crippen LogP contribution in [0.4, 0.5) is 0 Å². The number of ketones is 1. The van der Waals surface area contributed by atoms with Gasteiger partial charge in [0.25, 0.3) is 0 Å².